The van der Waals surface area contributed by atoms with Crippen molar-refractivity contribution in [2.24, 2.45) is 11.7 Å². The molecule has 0 fully saturated rings. The Morgan fingerprint density at radius 3 is 1.73 bits per heavy atom. The van der Waals surface area contributed by atoms with Gasteiger partial charge in [0.1, 0.15) is 0 Å². The highest BCUT2D eigenvalue weighted by Crippen LogP contribution is 2.22. The Kier molecular flexibility index (Phi) is 4.04. The molecule has 0 amide bonds. The largest absolute Gasteiger partial charge is 0.388 e. The average Bonchev–Trinajstić information content (AvgIpc) is 2.01. The molecule has 0 unspecified atom stereocenters. The van der Waals surface area contributed by atoms with E-state index in [1.807, 2.05) is 27.7 Å². The molecule has 2 nitrogen and oxygen atoms in total. The Morgan fingerprint density at radius 2 is 1.64 bits per heavy atom. The predicted molar refractivity (Wildman–Crippen MR) is 48.3 cm³/mol. The molecule has 0 saturated carbocycles. The Balaban J connectivity index is 4.24. The minimum atomic E-state index is -0.659. The van der Waals surface area contributed by atoms with Gasteiger partial charge in [-0.1, -0.05) is 27.7 Å². The van der Waals surface area contributed by atoms with Crippen LogP contribution >= 0.6 is 0 Å². The van der Waals surface area contributed by atoms with Gasteiger partial charge in [-0.25, -0.2) is 0 Å². The van der Waals surface area contributed by atoms with Crippen molar-refractivity contribution in [3.63, 3.8) is 0 Å². The Morgan fingerprint density at radius 1 is 1.27 bits per heavy atom. The minimum absolute atomic E-state index is 0.0995. The summed E-state index contributed by atoms with van der Waals surface area (Å²) in [4.78, 5) is 0. The summed E-state index contributed by atoms with van der Waals surface area (Å²) in [5.74, 6) is 0.347. The van der Waals surface area contributed by atoms with Crippen molar-refractivity contribution < 1.29 is 5.11 Å². The van der Waals surface area contributed by atoms with E-state index in [0.717, 1.165) is 12.8 Å². The van der Waals surface area contributed by atoms with Crippen LogP contribution in [0.3, 0.4) is 0 Å². The van der Waals surface area contributed by atoms with E-state index in [4.69, 9.17) is 5.73 Å². The maximum Gasteiger partial charge on any atom is 0.0795 e. The molecule has 0 aliphatic carbocycles. The van der Waals surface area contributed by atoms with E-state index >= 15 is 0 Å². The van der Waals surface area contributed by atoms with E-state index in [0.29, 0.717) is 5.92 Å². The quantitative estimate of drug-likeness (QED) is 0.653. The summed E-state index contributed by atoms with van der Waals surface area (Å²) < 4.78 is 0. The molecular formula is C9H21NO. The van der Waals surface area contributed by atoms with E-state index < -0.39 is 5.60 Å². The van der Waals surface area contributed by atoms with Gasteiger partial charge in [0.15, 0.2) is 0 Å². The highest BCUT2D eigenvalue weighted by atomic mass is 16.3. The number of rotatable bonds is 4. The van der Waals surface area contributed by atoms with Gasteiger partial charge in [0.25, 0.3) is 0 Å². The molecule has 11 heavy (non-hydrogen) atoms. The zero-order valence-corrected chi connectivity index (χ0v) is 8.09. The van der Waals surface area contributed by atoms with E-state index in [9.17, 15) is 5.11 Å². The van der Waals surface area contributed by atoms with Crippen molar-refractivity contribution in [1.82, 2.24) is 0 Å². The molecule has 68 valence electrons. The van der Waals surface area contributed by atoms with Gasteiger partial charge in [-0.15, -0.1) is 0 Å². The van der Waals surface area contributed by atoms with Gasteiger partial charge >= 0.3 is 0 Å². The van der Waals surface area contributed by atoms with Gasteiger partial charge in [-0.05, 0) is 18.8 Å². The van der Waals surface area contributed by atoms with E-state index in [2.05, 4.69) is 0 Å². The van der Waals surface area contributed by atoms with Crippen molar-refractivity contribution in [2.45, 2.75) is 52.2 Å². The highest BCUT2D eigenvalue weighted by Gasteiger charge is 2.32. The number of hydrogen-bond acceptors (Lipinski definition) is 2. The van der Waals surface area contributed by atoms with Crippen LogP contribution in [0.4, 0.5) is 0 Å². The zero-order chi connectivity index (χ0) is 9.07. The van der Waals surface area contributed by atoms with Crippen LogP contribution in [0.25, 0.3) is 0 Å². The smallest absolute Gasteiger partial charge is 0.0795 e. The Labute approximate surface area is 69.8 Å². The standard InChI is InChI=1S/C9H21NO/c1-5-9(11,6-2)8(10)7(3)4/h7-8,11H,5-6,10H2,1-4H3/t8-/m0/s1. The lowest BCUT2D eigenvalue weighted by Crippen LogP contribution is -2.50. The summed E-state index contributed by atoms with van der Waals surface area (Å²) in [5, 5.41) is 9.94. The fraction of sp³-hybridized carbons (Fsp3) is 1.00. The van der Waals surface area contributed by atoms with Crippen LogP contribution in [0.15, 0.2) is 0 Å². The summed E-state index contributed by atoms with van der Waals surface area (Å²) in [6, 6.07) is -0.0995. The fourth-order valence-corrected chi connectivity index (χ4v) is 1.34. The third-order valence-corrected chi connectivity index (χ3v) is 2.56. The third-order valence-electron chi connectivity index (χ3n) is 2.56. The lowest BCUT2D eigenvalue weighted by molar-refractivity contribution is -0.00720. The summed E-state index contributed by atoms with van der Waals surface area (Å²) in [7, 11) is 0. The van der Waals surface area contributed by atoms with Gasteiger partial charge in [0.05, 0.1) is 5.60 Å². The molecule has 0 saturated heterocycles. The number of nitrogens with two attached hydrogens (primary N) is 1. The summed E-state index contributed by atoms with van der Waals surface area (Å²) in [5.41, 5.74) is 5.21. The summed E-state index contributed by atoms with van der Waals surface area (Å²) in [6.07, 6.45) is 1.48. The van der Waals surface area contributed by atoms with Gasteiger partial charge in [0.2, 0.25) is 0 Å². The maximum atomic E-state index is 9.94. The molecule has 0 aliphatic rings. The molecule has 3 N–H and O–H groups in total. The molecule has 0 aromatic carbocycles. The van der Waals surface area contributed by atoms with Crippen molar-refractivity contribution in [2.75, 3.05) is 0 Å². The van der Waals surface area contributed by atoms with Crippen molar-refractivity contribution in [3.8, 4) is 0 Å². The van der Waals surface area contributed by atoms with Crippen LogP contribution in [-0.4, -0.2) is 16.7 Å². The molecule has 2 heteroatoms. The first-order valence-corrected chi connectivity index (χ1v) is 4.45. The van der Waals surface area contributed by atoms with Crippen molar-refractivity contribution >= 4 is 0 Å². The normalized spacial score (nSPS) is 15.5. The summed E-state index contributed by atoms with van der Waals surface area (Å²) in [6.45, 7) is 8.04. The first-order chi connectivity index (χ1) is 4.98. The van der Waals surface area contributed by atoms with Crippen LogP contribution < -0.4 is 5.73 Å². The zero-order valence-electron chi connectivity index (χ0n) is 8.09. The first-order valence-electron chi connectivity index (χ1n) is 4.45. The molecule has 1 atom stereocenters. The second kappa shape index (κ2) is 4.07. The summed E-state index contributed by atoms with van der Waals surface area (Å²) >= 11 is 0. The van der Waals surface area contributed by atoms with Crippen LogP contribution in [0.1, 0.15) is 40.5 Å². The maximum absolute atomic E-state index is 9.94. The van der Waals surface area contributed by atoms with Gasteiger partial charge in [-0.2, -0.15) is 0 Å². The fourth-order valence-electron chi connectivity index (χ4n) is 1.34. The Hall–Kier alpha value is -0.0800. The topological polar surface area (TPSA) is 46.2 Å². The van der Waals surface area contributed by atoms with Gasteiger partial charge < -0.3 is 10.8 Å². The molecule has 0 heterocycles. The molecule has 0 bridgehead atoms. The lowest BCUT2D eigenvalue weighted by atomic mass is 9.83. The molecule has 0 aromatic rings. The van der Waals surface area contributed by atoms with Crippen molar-refractivity contribution in [1.29, 1.82) is 0 Å². The van der Waals surface area contributed by atoms with Crippen LogP contribution in [-0.2, 0) is 0 Å². The Bertz CT molecular complexity index is 108. The molecule has 0 rings (SSSR count). The van der Waals surface area contributed by atoms with Gasteiger partial charge in [0, 0.05) is 6.04 Å². The first kappa shape index (κ1) is 10.9. The van der Waals surface area contributed by atoms with Crippen molar-refractivity contribution in [3.05, 3.63) is 0 Å². The monoisotopic (exact) mass is 159 g/mol. The van der Waals surface area contributed by atoms with E-state index in [1.54, 1.807) is 0 Å². The molecule has 0 aliphatic heterocycles. The van der Waals surface area contributed by atoms with Crippen LogP contribution in [0, 0.1) is 5.92 Å². The molecule has 0 aromatic heterocycles. The predicted octanol–water partition coefficient (Wildman–Crippen LogP) is 1.52. The molecule has 0 spiro atoms. The molecular weight excluding hydrogens is 138 g/mol. The average molecular weight is 159 g/mol. The second-order valence-corrected chi connectivity index (χ2v) is 3.58. The highest BCUT2D eigenvalue weighted by molar-refractivity contribution is 4.88. The lowest BCUT2D eigenvalue weighted by Gasteiger charge is -2.34. The second-order valence-electron chi connectivity index (χ2n) is 3.58. The minimum Gasteiger partial charge on any atom is -0.388 e. The van der Waals surface area contributed by atoms with Gasteiger partial charge in [-0.3, -0.25) is 0 Å². The van der Waals surface area contributed by atoms with Crippen LogP contribution in [0.2, 0.25) is 0 Å². The van der Waals surface area contributed by atoms with Crippen LogP contribution in [0.5, 0.6) is 0 Å². The molecule has 0 radical (unpaired) electrons. The number of hydrogen-bond donors (Lipinski definition) is 2. The van der Waals surface area contributed by atoms with E-state index in [1.165, 1.54) is 0 Å². The third kappa shape index (κ3) is 2.46. The number of aliphatic hydroxyl groups is 1. The van der Waals surface area contributed by atoms with E-state index in [-0.39, 0.29) is 6.04 Å². The SMILES string of the molecule is CCC(O)(CC)[C@@H](N)C(C)C.